The monoisotopic (exact) mass is 390 g/mol. The van der Waals surface area contributed by atoms with E-state index < -0.39 is 11.6 Å². The number of benzene rings is 2. The first-order valence-electron chi connectivity index (χ1n) is 10.1. The Kier molecular flexibility index (Phi) is 7.26. The van der Waals surface area contributed by atoms with Gasteiger partial charge >= 0.3 is 0 Å². The van der Waals surface area contributed by atoms with Gasteiger partial charge < -0.3 is 14.2 Å². The largest absolute Gasteiger partial charge is 0.493 e. The van der Waals surface area contributed by atoms with Gasteiger partial charge in [0.1, 0.15) is 5.75 Å². The molecule has 1 fully saturated rings. The normalized spacial score (nSPS) is 19.4. The standard InChI is InChI=1S/C23H28F2O3/c1-3-5-18-9-6-16(14-27-18)15-28-19-10-7-17(8-11-19)20-12-13-21(26-4-2)23(25)22(20)24/h7-8,10-13,16,18H,3-6,9,14-15H2,1-2H3. The molecular formula is C23H28F2O3. The van der Waals surface area contributed by atoms with Gasteiger partial charge in [0.25, 0.3) is 0 Å². The van der Waals surface area contributed by atoms with Crippen LogP contribution in [0.1, 0.15) is 39.5 Å². The van der Waals surface area contributed by atoms with Gasteiger partial charge in [0.15, 0.2) is 11.6 Å². The Labute approximate surface area is 165 Å². The molecule has 1 saturated heterocycles. The van der Waals surface area contributed by atoms with Gasteiger partial charge in [-0.05, 0) is 56.0 Å². The SMILES string of the molecule is CCCC1CCC(COc2ccc(-c3ccc(OCC)c(F)c3F)cc2)CO1. The van der Waals surface area contributed by atoms with Gasteiger partial charge in [-0.3, -0.25) is 0 Å². The Morgan fingerprint density at radius 2 is 1.75 bits per heavy atom. The molecule has 0 saturated carbocycles. The molecule has 152 valence electrons. The topological polar surface area (TPSA) is 27.7 Å². The third-order valence-corrected chi connectivity index (χ3v) is 5.07. The zero-order chi connectivity index (χ0) is 19.9. The minimum Gasteiger partial charge on any atom is -0.493 e. The molecule has 1 aliphatic heterocycles. The number of rotatable bonds is 8. The van der Waals surface area contributed by atoms with Gasteiger partial charge in [-0.2, -0.15) is 4.39 Å². The van der Waals surface area contributed by atoms with E-state index >= 15 is 0 Å². The molecule has 28 heavy (non-hydrogen) atoms. The molecule has 2 atom stereocenters. The molecule has 1 aliphatic rings. The fourth-order valence-corrected chi connectivity index (χ4v) is 3.51. The second-order valence-corrected chi connectivity index (χ2v) is 7.20. The highest BCUT2D eigenvalue weighted by Gasteiger charge is 2.21. The third kappa shape index (κ3) is 5.02. The van der Waals surface area contributed by atoms with E-state index in [9.17, 15) is 8.78 Å². The highest BCUT2D eigenvalue weighted by molar-refractivity contribution is 5.66. The molecule has 2 aromatic carbocycles. The molecule has 5 heteroatoms. The zero-order valence-electron chi connectivity index (χ0n) is 16.5. The lowest BCUT2D eigenvalue weighted by Gasteiger charge is -2.28. The van der Waals surface area contributed by atoms with E-state index in [1.165, 1.54) is 12.1 Å². The van der Waals surface area contributed by atoms with Crippen LogP contribution in [0.3, 0.4) is 0 Å². The summed E-state index contributed by atoms with van der Waals surface area (Å²) in [5, 5.41) is 0. The van der Waals surface area contributed by atoms with E-state index in [2.05, 4.69) is 6.92 Å². The molecule has 3 rings (SSSR count). The number of halogens is 2. The summed E-state index contributed by atoms with van der Waals surface area (Å²) in [5.74, 6) is -0.824. The van der Waals surface area contributed by atoms with Gasteiger partial charge in [-0.15, -0.1) is 0 Å². The van der Waals surface area contributed by atoms with Crippen LogP contribution in [0, 0.1) is 17.6 Å². The van der Waals surface area contributed by atoms with Crippen molar-refractivity contribution in [2.75, 3.05) is 19.8 Å². The van der Waals surface area contributed by atoms with Crippen LogP contribution < -0.4 is 9.47 Å². The van der Waals surface area contributed by atoms with Crippen LogP contribution in [0.2, 0.25) is 0 Å². The van der Waals surface area contributed by atoms with Crippen molar-refractivity contribution < 1.29 is 23.0 Å². The average molecular weight is 390 g/mol. The number of hydrogen-bond acceptors (Lipinski definition) is 3. The Balaban J connectivity index is 1.58. The van der Waals surface area contributed by atoms with Crippen molar-refractivity contribution in [3.05, 3.63) is 48.0 Å². The van der Waals surface area contributed by atoms with E-state index in [1.54, 1.807) is 31.2 Å². The van der Waals surface area contributed by atoms with Crippen LogP contribution in [0.15, 0.2) is 36.4 Å². The molecule has 0 bridgehead atoms. The van der Waals surface area contributed by atoms with E-state index in [1.807, 2.05) is 0 Å². The van der Waals surface area contributed by atoms with Crippen LogP contribution in [0.5, 0.6) is 11.5 Å². The quantitative estimate of drug-likeness (QED) is 0.553. The van der Waals surface area contributed by atoms with E-state index in [0.29, 0.717) is 29.9 Å². The predicted octanol–water partition coefficient (Wildman–Crippen LogP) is 6.00. The Hall–Kier alpha value is -2.14. The smallest absolute Gasteiger partial charge is 0.201 e. The summed E-state index contributed by atoms with van der Waals surface area (Å²) in [6.45, 7) is 5.53. The maximum Gasteiger partial charge on any atom is 0.201 e. The summed E-state index contributed by atoms with van der Waals surface area (Å²) >= 11 is 0. The molecule has 0 N–H and O–H groups in total. The molecule has 2 aromatic rings. The van der Waals surface area contributed by atoms with Gasteiger partial charge in [-0.25, -0.2) is 4.39 Å². The Bertz CT molecular complexity index is 753. The highest BCUT2D eigenvalue weighted by atomic mass is 19.2. The molecule has 0 amide bonds. The Morgan fingerprint density at radius 3 is 2.39 bits per heavy atom. The number of ether oxygens (including phenoxy) is 3. The van der Waals surface area contributed by atoms with Crippen LogP contribution in [0.25, 0.3) is 11.1 Å². The zero-order valence-corrected chi connectivity index (χ0v) is 16.5. The van der Waals surface area contributed by atoms with Gasteiger partial charge in [0.2, 0.25) is 5.82 Å². The highest BCUT2D eigenvalue weighted by Crippen LogP contribution is 2.31. The van der Waals surface area contributed by atoms with Crippen LogP contribution in [-0.4, -0.2) is 25.9 Å². The van der Waals surface area contributed by atoms with Crippen molar-refractivity contribution in [2.24, 2.45) is 5.92 Å². The van der Waals surface area contributed by atoms with Crippen LogP contribution >= 0.6 is 0 Å². The van der Waals surface area contributed by atoms with Crippen molar-refractivity contribution in [3.63, 3.8) is 0 Å². The lowest BCUT2D eigenvalue weighted by molar-refractivity contribution is -0.0306. The fraction of sp³-hybridized carbons (Fsp3) is 0.478. The third-order valence-electron chi connectivity index (χ3n) is 5.07. The van der Waals surface area contributed by atoms with Crippen molar-refractivity contribution >= 4 is 0 Å². The van der Waals surface area contributed by atoms with Gasteiger partial charge in [-0.1, -0.05) is 25.5 Å². The predicted molar refractivity (Wildman–Crippen MR) is 106 cm³/mol. The molecule has 0 aromatic heterocycles. The maximum absolute atomic E-state index is 14.3. The van der Waals surface area contributed by atoms with Crippen molar-refractivity contribution in [2.45, 2.75) is 45.6 Å². The molecule has 1 heterocycles. The molecule has 0 radical (unpaired) electrons. The van der Waals surface area contributed by atoms with Crippen molar-refractivity contribution in [1.82, 2.24) is 0 Å². The lowest BCUT2D eigenvalue weighted by atomic mass is 9.97. The summed E-state index contributed by atoms with van der Waals surface area (Å²) in [6.07, 6.45) is 4.86. The summed E-state index contributed by atoms with van der Waals surface area (Å²) < 4.78 is 45.3. The van der Waals surface area contributed by atoms with E-state index in [0.717, 1.165) is 32.3 Å². The summed E-state index contributed by atoms with van der Waals surface area (Å²) in [7, 11) is 0. The average Bonchev–Trinajstić information content (AvgIpc) is 2.72. The lowest BCUT2D eigenvalue weighted by Crippen LogP contribution is -2.29. The summed E-state index contributed by atoms with van der Waals surface area (Å²) in [4.78, 5) is 0. The number of hydrogen-bond donors (Lipinski definition) is 0. The molecule has 3 nitrogen and oxygen atoms in total. The van der Waals surface area contributed by atoms with Crippen molar-refractivity contribution in [1.29, 1.82) is 0 Å². The molecule has 0 aliphatic carbocycles. The van der Waals surface area contributed by atoms with Crippen LogP contribution in [-0.2, 0) is 4.74 Å². The van der Waals surface area contributed by atoms with E-state index in [-0.39, 0.29) is 17.9 Å². The Morgan fingerprint density at radius 1 is 0.964 bits per heavy atom. The first-order chi connectivity index (χ1) is 13.6. The summed E-state index contributed by atoms with van der Waals surface area (Å²) in [5.41, 5.74) is 0.797. The molecule has 2 unspecified atom stereocenters. The van der Waals surface area contributed by atoms with Crippen LogP contribution in [0.4, 0.5) is 8.78 Å². The van der Waals surface area contributed by atoms with Crippen molar-refractivity contribution in [3.8, 4) is 22.6 Å². The second-order valence-electron chi connectivity index (χ2n) is 7.20. The van der Waals surface area contributed by atoms with E-state index in [4.69, 9.17) is 14.2 Å². The molecule has 0 spiro atoms. The molecular weight excluding hydrogens is 362 g/mol. The summed E-state index contributed by atoms with van der Waals surface area (Å²) in [6, 6.07) is 10.0. The van der Waals surface area contributed by atoms with Gasteiger partial charge in [0.05, 0.1) is 25.9 Å². The fourth-order valence-electron chi connectivity index (χ4n) is 3.51. The maximum atomic E-state index is 14.3. The minimum atomic E-state index is -0.960. The first kappa shape index (κ1) is 20.6. The second kappa shape index (κ2) is 9.87. The minimum absolute atomic E-state index is 0.0698. The first-order valence-corrected chi connectivity index (χ1v) is 10.1. The van der Waals surface area contributed by atoms with Gasteiger partial charge in [0, 0.05) is 11.5 Å².